The Morgan fingerprint density at radius 1 is 1.19 bits per heavy atom. The summed E-state index contributed by atoms with van der Waals surface area (Å²) in [5.74, 6) is 1.66. The van der Waals surface area contributed by atoms with Crippen molar-refractivity contribution in [3.63, 3.8) is 0 Å². The minimum atomic E-state index is -0.204. The van der Waals surface area contributed by atoms with Crippen molar-refractivity contribution in [2.45, 2.75) is 12.8 Å². The average molecular weight is 388 g/mol. The first-order valence-corrected chi connectivity index (χ1v) is 8.95. The molecule has 27 heavy (non-hydrogen) atoms. The standard InChI is InChI=1S/C20H18ClNO5/c1-24-13-3-4-14-12(11-27-17(14)8-13)7-20(23)22-16-10-19-18(9-15(16)21)25-5-2-6-26-19/h3-4,8-11H,2,5-7H2,1H3,(H,22,23). The van der Waals surface area contributed by atoms with Crippen molar-refractivity contribution in [3.05, 3.63) is 47.2 Å². The summed E-state index contributed by atoms with van der Waals surface area (Å²) in [5, 5.41) is 4.10. The molecule has 0 bridgehead atoms. The molecule has 1 aromatic heterocycles. The van der Waals surface area contributed by atoms with Crippen LogP contribution < -0.4 is 19.5 Å². The number of furan rings is 1. The van der Waals surface area contributed by atoms with Crippen molar-refractivity contribution in [1.82, 2.24) is 0 Å². The number of rotatable bonds is 4. The Morgan fingerprint density at radius 3 is 2.74 bits per heavy atom. The molecule has 0 spiro atoms. The number of fused-ring (bicyclic) bond motifs is 2. The second-order valence-corrected chi connectivity index (χ2v) is 6.58. The first kappa shape index (κ1) is 17.5. The third-order valence-electron chi connectivity index (χ3n) is 4.33. The zero-order chi connectivity index (χ0) is 18.8. The highest BCUT2D eigenvalue weighted by molar-refractivity contribution is 6.34. The first-order chi connectivity index (χ1) is 13.1. The largest absolute Gasteiger partial charge is 0.497 e. The first-order valence-electron chi connectivity index (χ1n) is 8.57. The van der Waals surface area contributed by atoms with E-state index in [9.17, 15) is 4.79 Å². The van der Waals surface area contributed by atoms with E-state index in [4.69, 9.17) is 30.2 Å². The topological polar surface area (TPSA) is 69.9 Å². The molecule has 6 nitrogen and oxygen atoms in total. The Hall–Kier alpha value is -2.86. The summed E-state index contributed by atoms with van der Waals surface area (Å²) in [6.45, 7) is 1.14. The molecule has 0 fully saturated rings. The van der Waals surface area contributed by atoms with Gasteiger partial charge in [-0.25, -0.2) is 0 Å². The molecule has 1 aliphatic rings. The van der Waals surface area contributed by atoms with Crippen LogP contribution in [0, 0.1) is 0 Å². The van der Waals surface area contributed by atoms with Crippen LogP contribution in [0.3, 0.4) is 0 Å². The minimum absolute atomic E-state index is 0.157. The number of ether oxygens (including phenoxy) is 3. The monoisotopic (exact) mass is 387 g/mol. The molecule has 0 aliphatic carbocycles. The number of hydrogen-bond donors (Lipinski definition) is 1. The van der Waals surface area contributed by atoms with Gasteiger partial charge in [0.1, 0.15) is 11.3 Å². The third-order valence-corrected chi connectivity index (χ3v) is 4.64. The van der Waals surface area contributed by atoms with E-state index < -0.39 is 0 Å². The van der Waals surface area contributed by atoms with Crippen molar-refractivity contribution in [2.75, 3.05) is 25.6 Å². The van der Waals surface area contributed by atoms with E-state index in [0.29, 0.717) is 46.8 Å². The van der Waals surface area contributed by atoms with Crippen molar-refractivity contribution >= 4 is 34.2 Å². The number of anilines is 1. The molecule has 7 heteroatoms. The van der Waals surface area contributed by atoms with Gasteiger partial charge in [-0.1, -0.05) is 11.6 Å². The van der Waals surface area contributed by atoms with Crippen molar-refractivity contribution in [2.24, 2.45) is 0 Å². The van der Waals surface area contributed by atoms with Gasteiger partial charge in [0.25, 0.3) is 0 Å². The molecule has 2 aromatic carbocycles. The van der Waals surface area contributed by atoms with Gasteiger partial charge >= 0.3 is 0 Å². The van der Waals surface area contributed by atoms with Gasteiger partial charge in [0.05, 0.1) is 43.7 Å². The zero-order valence-corrected chi connectivity index (χ0v) is 15.5. The Kier molecular flexibility index (Phi) is 4.81. The van der Waals surface area contributed by atoms with E-state index in [1.54, 1.807) is 31.6 Å². The van der Waals surface area contributed by atoms with E-state index in [-0.39, 0.29) is 12.3 Å². The number of carbonyl (C=O) groups excluding carboxylic acids is 1. The van der Waals surface area contributed by atoms with E-state index >= 15 is 0 Å². The van der Waals surface area contributed by atoms with Crippen LogP contribution in [0.1, 0.15) is 12.0 Å². The highest BCUT2D eigenvalue weighted by Gasteiger charge is 2.17. The highest BCUT2D eigenvalue weighted by atomic mass is 35.5. The number of methoxy groups -OCH3 is 1. The number of hydrogen-bond acceptors (Lipinski definition) is 5. The third kappa shape index (κ3) is 3.66. The molecule has 0 atom stereocenters. The van der Waals surface area contributed by atoms with Gasteiger partial charge in [0.15, 0.2) is 11.5 Å². The van der Waals surface area contributed by atoms with Crippen LogP contribution in [0.2, 0.25) is 5.02 Å². The molecule has 4 rings (SSSR count). The molecular weight excluding hydrogens is 370 g/mol. The summed E-state index contributed by atoms with van der Waals surface area (Å²) in [4.78, 5) is 12.5. The van der Waals surface area contributed by atoms with Crippen LogP contribution in [0.15, 0.2) is 41.0 Å². The van der Waals surface area contributed by atoms with Gasteiger partial charge in [0, 0.05) is 35.6 Å². The van der Waals surface area contributed by atoms with Gasteiger partial charge in [-0.3, -0.25) is 4.79 Å². The lowest BCUT2D eigenvalue weighted by Gasteiger charge is -2.12. The summed E-state index contributed by atoms with van der Waals surface area (Å²) in [7, 11) is 1.59. The molecule has 140 valence electrons. The second-order valence-electron chi connectivity index (χ2n) is 6.18. The number of benzene rings is 2. The van der Waals surface area contributed by atoms with Crippen molar-refractivity contribution in [3.8, 4) is 17.2 Å². The van der Waals surface area contributed by atoms with Gasteiger partial charge < -0.3 is 23.9 Å². The van der Waals surface area contributed by atoms with Crippen molar-refractivity contribution < 1.29 is 23.4 Å². The molecule has 3 aromatic rings. The molecule has 1 amide bonds. The fourth-order valence-electron chi connectivity index (χ4n) is 2.97. The maximum Gasteiger partial charge on any atom is 0.228 e. The SMILES string of the molecule is COc1ccc2c(CC(=O)Nc3cc4c(cc3Cl)OCCCO4)coc2c1. The second kappa shape index (κ2) is 7.40. The Balaban J connectivity index is 1.52. The fourth-order valence-corrected chi connectivity index (χ4v) is 3.18. The van der Waals surface area contributed by atoms with Crippen LogP contribution in [0.5, 0.6) is 17.2 Å². The van der Waals surface area contributed by atoms with Crippen molar-refractivity contribution in [1.29, 1.82) is 0 Å². The lowest BCUT2D eigenvalue weighted by molar-refractivity contribution is -0.115. The predicted octanol–water partition coefficient (Wildman–Crippen LogP) is 4.44. The molecule has 0 radical (unpaired) electrons. The van der Waals surface area contributed by atoms with Gasteiger partial charge in [-0.15, -0.1) is 0 Å². The average Bonchev–Trinajstić information content (AvgIpc) is 2.91. The quantitative estimate of drug-likeness (QED) is 0.716. The van der Waals surface area contributed by atoms with Crippen LogP contribution in [0.4, 0.5) is 5.69 Å². The summed E-state index contributed by atoms with van der Waals surface area (Å²) in [5.41, 5.74) is 1.95. The number of halogens is 1. The van der Waals surface area contributed by atoms with E-state index in [1.165, 1.54) is 0 Å². The minimum Gasteiger partial charge on any atom is -0.497 e. The van der Waals surface area contributed by atoms with Crippen LogP contribution in [0.25, 0.3) is 11.0 Å². The van der Waals surface area contributed by atoms with Gasteiger partial charge in [0.2, 0.25) is 5.91 Å². The molecule has 0 unspecified atom stereocenters. The molecular formula is C20H18ClNO5. The maximum atomic E-state index is 12.5. The Morgan fingerprint density at radius 2 is 1.96 bits per heavy atom. The number of amides is 1. The summed E-state index contributed by atoms with van der Waals surface area (Å²) in [6, 6.07) is 8.86. The molecule has 1 N–H and O–H groups in total. The van der Waals surface area contributed by atoms with Gasteiger partial charge in [-0.05, 0) is 12.1 Å². The molecule has 1 aliphatic heterocycles. The Bertz CT molecular complexity index is 997. The lowest BCUT2D eigenvalue weighted by Crippen LogP contribution is -2.14. The Labute approximate surface area is 161 Å². The predicted molar refractivity (Wildman–Crippen MR) is 102 cm³/mol. The number of carbonyl (C=O) groups is 1. The summed E-state index contributed by atoms with van der Waals surface area (Å²) < 4.78 is 22.0. The van der Waals surface area contributed by atoms with Crippen LogP contribution in [-0.2, 0) is 11.2 Å². The zero-order valence-electron chi connectivity index (χ0n) is 14.7. The smallest absolute Gasteiger partial charge is 0.228 e. The molecule has 0 saturated heterocycles. The number of nitrogens with one attached hydrogen (secondary N) is 1. The van der Waals surface area contributed by atoms with E-state index in [1.807, 2.05) is 12.1 Å². The normalized spacial score (nSPS) is 13.3. The fraction of sp³-hybridized carbons (Fsp3) is 0.250. The molecule has 2 heterocycles. The summed E-state index contributed by atoms with van der Waals surface area (Å²) in [6.07, 6.45) is 2.54. The molecule has 0 saturated carbocycles. The van der Waals surface area contributed by atoms with E-state index in [0.717, 1.165) is 17.4 Å². The van der Waals surface area contributed by atoms with E-state index in [2.05, 4.69) is 5.32 Å². The lowest BCUT2D eigenvalue weighted by atomic mass is 10.1. The summed E-state index contributed by atoms with van der Waals surface area (Å²) >= 11 is 6.29. The highest BCUT2D eigenvalue weighted by Crippen LogP contribution is 2.37. The van der Waals surface area contributed by atoms with Crippen LogP contribution >= 0.6 is 11.6 Å². The van der Waals surface area contributed by atoms with Crippen LogP contribution in [-0.4, -0.2) is 26.2 Å². The maximum absolute atomic E-state index is 12.5. The van der Waals surface area contributed by atoms with Gasteiger partial charge in [-0.2, -0.15) is 0 Å².